The lowest BCUT2D eigenvalue weighted by Crippen LogP contribution is -2.21. The van der Waals surface area contributed by atoms with Gasteiger partial charge in [0.25, 0.3) is 5.69 Å². The van der Waals surface area contributed by atoms with Gasteiger partial charge in [0.15, 0.2) is 6.04 Å². The van der Waals surface area contributed by atoms with Crippen LogP contribution < -0.4 is 5.32 Å². The number of carboxylic acids is 1. The van der Waals surface area contributed by atoms with Gasteiger partial charge in [-0.25, -0.2) is 9.78 Å². The maximum absolute atomic E-state index is 11.4. The molecule has 7 nitrogen and oxygen atoms in total. The molecule has 0 saturated carbocycles. The third-order valence-corrected chi connectivity index (χ3v) is 2.94. The maximum atomic E-state index is 11.4. The number of benzene rings is 1. The van der Waals surface area contributed by atoms with E-state index < -0.39 is 16.9 Å². The van der Waals surface area contributed by atoms with Gasteiger partial charge in [0.1, 0.15) is 12.0 Å². The van der Waals surface area contributed by atoms with Crippen LogP contribution in [0.4, 0.5) is 11.5 Å². The van der Waals surface area contributed by atoms with Gasteiger partial charge in [-0.3, -0.25) is 10.1 Å². The van der Waals surface area contributed by atoms with Gasteiger partial charge in [-0.2, -0.15) is 0 Å². The molecule has 0 saturated heterocycles. The fourth-order valence-corrected chi connectivity index (χ4v) is 1.88. The molecule has 0 radical (unpaired) electrons. The molecule has 1 heterocycles. The van der Waals surface area contributed by atoms with Crippen LogP contribution in [0.15, 0.2) is 42.6 Å². The predicted octanol–water partition coefficient (Wildman–Crippen LogP) is 2.54. The number of pyridine rings is 1. The van der Waals surface area contributed by atoms with Crippen LogP contribution in [0, 0.1) is 17.0 Å². The van der Waals surface area contributed by atoms with Gasteiger partial charge in [0.05, 0.1) is 4.92 Å². The van der Waals surface area contributed by atoms with Gasteiger partial charge in [-0.15, -0.1) is 0 Å². The minimum atomic E-state index is -1.05. The number of carboxylic acid groups (broad SMARTS) is 1. The molecule has 2 aromatic rings. The second-order valence-electron chi connectivity index (χ2n) is 4.44. The van der Waals surface area contributed by atoms with Crippen LogP contribution in [0.25, 0.3) is 0 Å². The zero-order valence-electron chi connectivity index (χ0n) is 11.2. The summed E-state index contributed by atoms with van der Waals surface area (Å²) < 4.78 is 0. The molecule has 2 N–H and O–H groups in total. The molecule has 0 fully saturated rings. The smallest absolute Gasteiger partial charge is 0.330 e. The van der Waals surface area contributed by atoms with Crippen LogP contribution in [0.1, 0.15) is 17.2 Å². The summed E-state index contributed by atoms with van der Waals surface area (Å²) in [7, 11) is 0. The Labute approximate surface area is 120 Å². The number of nitrogens with zero attached hydrogens (tertiary/aromatic N) is 2. The quantitative estimate of drug-likeness (QED) is 0.646. The Morgan fingerprint density at radius 3 is 2.57 bits per heavy atom. The Morgan fingerprint density at radius 1 is 1.38 bits per heavy atom. The van der Waals surface area contributed by atoms with Crippen molar-refractivity contribution in [3.05, 3.63) is 63.8 Å². The molecule has 0 aliphatic carbocycles. The van der Waals surface area contributed by atoms with E-state index in [1.165, 1.54) is 6.07 Å². The summed E-state index contributed by atoms with van der Waals surface area (Å²) in [5.74, 6) is -0.752. The van der Waals surface area contributed by atoms with Crippen LogP contribution in [0.3, 0.4) is 0 Å². The van der Waals surface area contributed by atoms with Crippen molar-refractivity contribution < 1.29 is 14.8 Å². The summed E-state index contributed by atoms with van der Waals surface area (Å²) in [6.07, 6.45) is 1.10. The summed E-state index contributed by atoms with van der Waals surface area (Å²) in [4.78, 5) is 25.4. The highest BCUT2D eigenvalue weighted by molar-refractivity contribution is 5.79. The van der Waals surface area contributed by atoms with Crippen molar-refractivity contribution in [1.82, 2.24) is 4.98 Å². The third-order valence-electron chi connectivity index (χ3n) is 2.94. The predicted molar refractivity (Wildman–Crippen MR) is 76.1 cm³/mol. The highest BCUT2D eigenvalue weighted by Crippen LogP contribution is 2.23. The van der Waals surface area contributed by atoms with Gasteiger partial charge in [-0.1, -0.05) is 30.3 Å². The largest absolute Gasteiger partial charge is 0.479 e. The van der Waals surface area contributed by atoms with E-state index in [0.29, 0.717) is 16.9 Å². The number of aliphatic carboxylic acids is 1. The lowest BCUT2D eigenvalue weighted by molar-refractivity contribution is -0.385. The van der Waals surface area contributed by atoms with Crippen LogP contribution in [0.5, 0.6) is 0 Å². The Bertz CT molecular complexity index is 673. The Morgan fingerprint density at radius 2 is 2.05 bits per heavy atom. The number of nitrogens with one attached hydrogen (secondary N) is 1. The average molecular weight is 287 g/mol. The molecule has 1 aromatic carbocycles. The fourth-order valence-electron chi connectivity index (χ4n) is 1.88. The summed E-state index contributed by atoms with van der Waals surface area (Å²) in [6.45, 7) is 1.63. The van der Waals surface area contributed by atoms with E-state index in [2.05, 4.69) is 10.3 Å². The average Bonchev–Trinajstić information content (AvgIpc) is 2.46. The number of nitro groups is 1. The molecule has 0 amide bonds. The van der Waals surface area contributed by atoms with Gasteiger partial charge < -0.3 is 10.4 Å². The van der Waals surface area contributed by atoms with E-state index in [4.69, 9.17) is 0 Å². The molecule has 1 atom stereocenters. The van der Waals surface area contributed by atoms with Gasteiger partial charge in [-0.05, 0) is 18.1 Å². The molecular formula is C14H13N3O4. The number of carbonyl (C=O) groups is 1. The summed E-state index contributed by atoms with van der Waals surface area (Å²) in [6, 6.07) is 9.02. The SMILES string of the molecule is Cc1cc([N+](=O)[O-])cnc1NC(C(=O)O)c1ccccc1. The van der Waals surface area contributed by atoms with E-state index in [1.807, 2.05) is 0 Å². The van der Waals surface area contributed by atoms with Gasteiger partial charge >= 0.3 is 5.97 Å². The normalized spacial score (nSPS) is 11.7. The lowest BCUT2D eigenvalue weighted by atomic mass is 10.1. The molecular weight excluding hydrogens is 274 g/mol. The first-order valence-electron chi connectivity index (χ1n) is 6.14. The van der Waals surface area contributed by atoms with E-state index in [-0.39, 0.29) is 5.69 Å². The molecule has 1 unspecified atom stereocenters. The number of aromatic nitrogens is 1. The maximum Gasteiger partial charge on any atom is 0.330 e. The van der Waals surface area contributed by atoms with Crippen LogP contribution in [-0.4, -0.2) is 21.0 Å². The van der Waals surface area contributed by atoms with Crippen molar-refractivity contribution in [2.24, 2.45) is 0 Å². The van der Waals surface area contributed by atoms with Crippen molar-refractivity contribution in [2.75, 3.05) is 5.32 Å². The number of hydrogen-bond donors (Lipinski definition) is 2. The summed E-state index contributed by atoms with van der Waals surface area (Å²) >= 11 is 0. The first-order valence-corrected chi connectivity index (χ1v) is 6.14. The summed E-state index contributed by atoms with van der Waals surface area (Å²) in [5.41, 5.74) is 0.945. The van der Waals surface area contributed by atoms with Crippen molar-refractivity contribution >= 4 is 17.5 Å². The lowest BCUT2D eigenvalue weighted by Gasteiger charge is -2.16. The van der Waals surface area contributed by atoms with E-state index in [1.54, 1.807) is 37.3 Å². The molecule has 2 rings (SSSR count). The highest BCUT2D eigenvalue weighted by atomic mass is 16.6. The number of anilines is 1. The Hall–Kier alpha value is -2.96. The Balaban J connectivity index is 2.30. The first-order chi connectivity index (χ1) is 9.99. The zero-order chi connectivity index (χ0) is 15.4. The molecule has 21 heavy (non-hydrogen) atoms. The molecule has 0 bridgehead atoms. The molecule has 108 valence electrons. The van der Waals surface area contributed by atoms with Crippen LogP contribution in [0.2, 0.25) is 0 Å². The molecule has 7 heteroatoms. The Kier molecular flexibility index (Phi) is 4.13. The first kappa shape index (κ1) is 14.4. The molecule has 0 aliphatic heterocycles. The topological polar surface area (TPSA) is 105 Å². The molecule has 0 aliphatic rings. The zero-order valence-corrected chi connectivity index (χ0v) is 11.2. The number of aryl methyl sites for hydroxylation is 1. The minimum absolute atomic E-state index is 0.135. The molecule has 1 aromatic heterocycles. The van der Waals surface area contributed by atoms with Crippen molar-refractivity contribution in [1.29, 1.82) is 0 Å². The monoisotopic (exact) mass is 287 g/mol. The fraction of sp³-hybridized carbons (Fsp3) is 0.143. The van der Waals surface area contributed by atoms with Crippen LogP contribution >= 0.6 is 0 Å². The summed E-state index contributed by atoms with van der Waals surface area (Å²) in [5, 5.41) is 22.8. The van der Waals surface area contributed by atoms with Crippen molar-refractivity contribution in [3.63, 3.8) is 0 Å². The van der Waals surface area contributed by atoms with E-state index in [9.17, 15) is 20.0 Å². The number of rotatable bonds is 5. The number of hydrogen-bond acceptors (Lipinski definition) is 5. The second kappa shape index (κ2) is 6.00. The minimum Gasteiger partial charge on any atom is -0.479 e. The highest BCUT2D eigenvalue weighted by Gasteiger charge is 2.21. The van der Waals surface area contributed by atoms with Crippen molar-refractivity contribution in [3.8, 4) is 0 Å². The molecule has 0 spiro atoms. The van der Waals surface area contributed by atoms with Gasteiger partial charge in [0.2, 0.25) is 0 Å². The van der Waals surface area contributed by atoms with Gasteiger partial charge in [0, 0.05) is 6.07 Å². The van der Waals surface area contributed by atoms with E-state index in [0.717, 1.165) is 6.20 Å². The third kappa shape index (κ3) is 3.33. The standard InChI is InChI=1S/C14H13N3O4/c1-9-7-11(17(20)21)8-15-13(9)16-12(14(18)19)10-5-3-2-4-6-10/h2-8,12H,1H3,(H,15,16)(H,18,19). The van der Waals surface area contributed by atoms with E-state index >= 15 is 0 Å². The second-order valence-corrected chi connectivity index (χ2v) is 4.44. The van der Waals surface area contributed by atoms with Crippen LogP contribution in [-0.2, 0) is 4.79 Å². The van der Waals surface area contributed by atoms with Crippen molar-refractivity contribution in [2.45, 2.75) is 13.0 Å².